The third kappa shape index (κ3) is 7.70. The lowest BCUT2D eigenvalue weighted by atomic mass is 10.1. The van der Waals surface area contributed by atoms with Gasteiger partial charge in [-0.1, -0.05) is 61.3 Å². The topological polar surface area (TPSA) is 86.8 Å². The van der Waals surface area contributed by atoms with E-state index >= 15 is 0 Å². The summed E-state index contributed by atoms with van der Waals surface area (Å²) in [5.41, 5.74) is 2.82. The molecule has 0 unspecified atom stereocenters. The Morgan fingerprint density at radius 3 is 2.20 bits per heavy atom. The normalized spacial score (nSPS) is 13.1. The van der Waals surface area contributed by atoms with Crippen LogP contribution in [0, 0.1) is 13.8 Å². The van der Waals surface area contributed by atoms with E-state index < -0.39 is 28.5 Å². The molecule has 9 heteroatoms. The second-order valence-corrected chi connectivity index (χ2v) is 11.2. The molecule has 2 atom stereocenters. The fraction of sp³-hybridized carbons (Fsp3) is 0.462. The first-order chi connectivity index (χ1) is 16.4. The van der Waals surface area contributed by atoms with Crippen LogP contribution in [0.1, 0.15) is 50.3 Å². The minimum Gasteiger partial charge on any atom is -0.352 e. The van der Waals surface area contributed by atoms with E-state index in [9.17, 15) is 18.0 Å². The van der Waals surface area contributed by atoms with Crippen LogP contribution < -0.4 is 9.62 Å². The molecule has 2 rings (SSSR count). The summed E-state index contributed by atoms with van der Waals surface area (Å²) in [5, 5.41) is 3.36. The molecule has 0 fully saturated rings. The Morgan fingerprint density at radius 1 is 1.03 bits per heavy atom. The summed E-state index contributed by atoms with van der Waals surface area (Å²) < 4.78 is 26.5. The number of aryl methyl sites for hydroxylation is 1. The lowest BCUT2D eigenvalue weighted by Crippen LogP contribution is -2.53. The molecule has 2 aromatic rings. The van der Waals surface area contributed by atoms with Crippen LogP contribution in [0.4, 0.5) is 5.69 Å². The SMILES string of the molecule is CC[C@H](C)NC(=O)[C@H](CC)N(Cc1ccc(C)cc1)C(=O)CN(c1cccc(Cl)c1C)S(C)(=O)=O. The summed E-state index contributed by atoms with van der Waals surface area (Å²) in [6.07, 6.45) is 2.19. The van der Waals surface area contributed by atoms with Crippen LogP contribution >= 0.6 is 11.6 Å². The monoisotopic (exact) mass is 521 g/mol. The van der Waals surface area contributed by atoms with E-state index in [2.05, 4.69) is 5.32 Å². The van der Waals surface area contributed by atoms with Gasteiger partial charge in [-0.3, -0.25) is 13.9 Å². The summed E-state index contributed by atoms with van der Waals surface area (Å²) in [5.74, 6) is -0.728. The zero-order valence-corrected chi connectivity index (χ0v) is 22.9. The van der Waals surface area contributed by atoms with Crippen LogP contribution in [-0.4, -0.2) is 50.0 Å². The smallest absolute Gasteiger partial charge is 0.244 e. The van der Waals surface area contributed by atoms with E-state index in [4.69, 9.17) is 11.6 Å². The van der Waals surface area contributed by atoms with Gasteiger partial charge in [0, 0.05) is 17.6 Å². The summed E-state index contributed by atoms with van der Waals surface area (Å²) in [6.45, 7) is 9.13. The number of halogens is 1. The number of nitrogens with zero attached hydrogens (tertiary/aromatic N) is 2. The van der Waals surface area contributed by atoms with Crippen molar-refractivity contribution < 1.29 is 18.0 Å². The van der Waals surface area contributed by atoms with Crippen molar-refractivity contribution in [2.45, 2.75) is 66.1 Å². The van der Waals surface area contributed by atoms with Gasteiger partial charge in [-0.2, -0.15) is 0 Å². The molecule has 0 bridgehead atoms. The highest BCUT2D eigenvalue weighted by Gasteiger charge is 2.32. The molecular weight excluding hydrogens is 486 g/mol. The van der Waals surface area contributed by atoms with Crippen molar-refractivity contribution in [3.05, 3.63) is 64.2 Å². The van der Waals surface area contributed by atoms with Gasteiger partial charge in [0.05, 0.1) is 11.9 Å². The summed E-state index contributed by atoms with van der Waals surface area (Å²) in [4.78, 5) is 28.3. The number of hydrogen-bond acceptors (Lipinski definition) is 4. The molecule has 35 heavy (non-hydrogen) atoms. The van der Waals surface area contributed by atoms with Gasteiger partial charge >= 0.3 is 0 Å². The van der Waals surface area contributed by atoms with Gasteiger partial charge in [-0.15, -0.1) is 0 Å². The molecule has 0 spiro atoms. The van der Waals surface area contributed by atoms with E-state index in [-0.39, 0.29) is 18.5 Å². The first-order valence-electron chi connectivity index (χ1n) is 11.8. The highest BCUT2D eigenvalue weighted by atomic mass is 35.5. The maximum absolute atomic E-state index is 13.7. The molecule has 0 aliphatic carbocycles. The molecule has 1 N–H and O–H groups in total. The zero-order chi connectivity index (χ0) is 26.3. The fourth-order valence-electron chi connectivity index (χ4n) is 3.71. The van der Waals surface area contributed by atoms with Crippen molar-refractivity contribution in [2.24, 2.45) is 0 Å². The predicted molar refractivity (Wildman–Crippen MR) is 142 cm³/mol. The van der Waals surface area contributed by atoms with E-state index in [1.165, 1.54) is 4.90 Å². The van der Waals surface area contributed by atoms with Gasteiger partial charge in [0.1, 0.15) is 12.6 Å². The van der Waals surface area contributed by atoms with Crippen molar-refractivity contribution in [1.29, 1.82) is 0 Å². The van der Waals surface area contributed by atoms with Gasteiger partial charge < -0.3 is 10.2 Å². The predicted octanol–water partition coefficient (Wildman–Crippen LogP) is 4.44. The first-order valence-corrected chi connectivity index (χ1v) is 14.0. The van der Waals surface area contributed by atoms with Crippen molar-refractivity contribution in [3.63, 3.8) is 0 Å². The first kappa shape index (κ1) is 28.7. The number of amides is 2. The van der Waals surface area contributed by atoms with Gasteiger partial charge in [0.25, 0.3) is 0 Å². The maximum atomic E-state index is 13.7. The Labute approximate surface area is 214 Å². The molecule has 0 saturated carbocycles. The molecular formula is C26H36ClN3O4S. The maximum Gasteiger partial charge on any atom is 0.244 e. The van der Waals surface area contributed by atoms with E-state index in [0.29, 0.717) is 22.7 Å². The number of nitrogens with one attached hydrogen (secondary N) is 1. The van der Waals surface area contributed by atoms with E-state index in [1.54, 1.807) is 25.1 Å². The Balaban J connectivity index is 2.47. The second kappa shape index (κ2) is 12.4. The van der Waals surface area contributed by atoms with Crippen LogP contribution in [0.25, 0.3) is 0 Å². The number of benzene rings is 2. The molecule has 0 radical (unpaired) electrons. The Kier molecular flexibility index (Phi) is 10.2. The van der Waals surface area contributed by atoms with Crippen molar-refractivity contribution >= 4 is 39.1 Å². The number of hydrogen-bond donors (Lipinski definition) is 1. The molecule has 192 valence electrons. The van der Waals surface area contributed by atoms with Crippen LogP contribution in [0.2, 0.25) is 5.02 Å². The number of carbonyl (C=O) groups is 2. The molecule has 2 amide bonds. The molecule has 0 aliphatic heterocycles. The number of anilines is 1. The zero-order valence-electron chi connectivity index (χ0n) is 21.3. The Hall–Kier alpha value is -2.58. The summed E-state index contributed by atoms with van der Waals surface area (Å²) in [6, 6.07) is 11.8. The van der Waals surface area contributed by atoms with Crippen LogP contribution in [0.15, 0.2) is 42.5 Å². The number of rotatable bonds is 11. The Morgan fingerprint density at radius 2 is 1.66 bits per heavy atom. The van der Waals surface area contributed by atoms with Crippen molar-refractivity contribution in [1.82, 2.24) is 10.2 Å². The lowest BCUT2D eigenvalue weighted by molar-refractivity contribution is -0.140. The fourth-order valence-corrected chi connectivity index (χ4v) is 4.78. The average Bonchev–Trinajstić information content (AvgIpc) is 2.79. The summed E-state index contributed by atoms with van der Waals surface area (Å²) >= 11 is 6.23. The van der Waals surface area contributed by atoms with Crippen LogP contribution in [-0.2, 0) is 26.2 Å². The highest BCUT2D eigenvalue weighted by Crippen LogP contribution is 2.28. The van der Waals surface area contributed by atoms with Gasteiger partial charge in [-0.25, -0.2) is 8.42 Å². The van der Waals surface area contributed by atoms with E-state index in [1.807, 2.05) is 52.0 Å². The third-order valence-electron chi connectivity index (χ3n) is 6.05. The molecule has 7 nitrogen and oxygen atoms in total. The van der Waals surface area contributed by atoms with Gasteiger partial charge in [-0.05, 0) is 56.9 Å². The standard InChI is InChI=1S/C26H36ClN3O4S/c1-7-19(4)28-26(32)23(8-2)29(16-21-14-12-18(3)13-15-21)25(31)17-30(35(6,33)34)24-11-9-10-22(27)20(24)5/h9-15,19,23H,7-8,16-17H2,1-6H3,(H,28,32)/t19-,23-/m0/s1. The van der Waals surface area contributed by atoms with Crippen molar-refractivity contribution in [3.8, 4) is 0 Å². The van der Waals surface area contributed by atoms with Gasteiger partial charge in [0.2, 0.25) is 21.8 Å². The van der Waals surface area contributed by atoms with Gasteiger partial charge in [0.15, 0.2) is 0 Å². The third-order valence-corrected chi connectivity index (χ3v) is 7.58. The molecule has 0 aromatic heterocycles. The largest absolute Gasteiger partial charge is 0.352 e. The molecule has 0 heterocycles. The minimum absolute atomic E-state index is 0.0468. The molecule has 2 aromatic carbocycles. The van der Waals surface area contributed by atoms with Crippen LogP contribution in [0.3, 0.4) is 0 Å². The van der Waals surface area contributed by atoms with Crippen molar-refractivity contribution in [2.75, 3.05) is 17.1 Å². The number of sulfonamides is 1. The number of carbonyl (C=O) groups excluding carboxylic acids is 2. The minimum atomic E-state index is -3.81. The molecule has 0 aliphatic rings. The second-order valence-electron chi connectivity index (χ2n) is 8.90. The molecule has 0 saturated heterocycles. The summed E-state index contributed by atoms with van der Waals surface area (Å²) in [7, 11) is -3.81. The average molecular weight is 522 g/mol. The van der Waals surface area contributed by atoms with Crippen LogP contribution in [0.5, 0.6) is 0 Å². The lowest BCUT2D eigenvalue weighted by Gasteiger charge is -2.33. The Bertz CT molecular complexity index is 1140. The quantitative estimate of drug-likeness (QED) is 0.473. The van der Waals surface area contributed by atoms with E-state index in [0.717, 1.165) is 28.1 Å². The highest BCUT2D eigenvalue weighted by molar-refractivity contribution is 7.92.